The van der Waals surface area contributed by atoms with E-state index in [1.807, 2.05) is 30.3 Å². The van der Waals surface area contributed by atoms with Crippen molar-refractivity contribution in [3.05, 3.63) is 41.9 Å². The van der Waals surface area contributed by atoms with E-state index in [1.54, 1.807) is 0 Å². The lowest BCUT2D eigenvalue weighted by Gasteiger charge is -2.02. The molecule has 1 heterocycles. The number of carbonyl (C=O) groups is 1. The molecular weight excluding hydrogens is 220 g/mol. The van der Waals surface area contributed by atoms with Gasteiger partial charge in [-0.1, -0.05) is 18.2 Å². The van der Waals surface area contributed by atoms with Crippen molar-refractivity contribution < 1.29 is 14.3 Å². The predicted molar refractivity (Wildman–Crippen MR) is 62.7 cm³/mol. The van der Waals surface area contributed by atoms with E-state index < -0.39 is 0 Å². The highest BCUT2D eigenvalue weighted by Crippen LogP contribution is 2.18. The van der Waals surface area contributed by atoms with Crippen LogP contribution in [0.1, 0.15) is 0 Å². The van der Waals surface area contributed by atoms with Crippen LogP contribution in [0.2, 0.25) is 0 Å². The minimum absolute atomic E-state index is 0.141. The van der Waals surface area contributed by atoms with Crippen molar-refractivity contribution in [2.24, 2.45) is 4.99 Å². The SMILES string of the molecule is COC1=C(OC)C(=Nc2ccccc2)NC1=O. The van der Waals surface area contributed by atoms with Crippen LogP contribution < -0.4 is 5.32 Å². The topological polar surface area (TPSA) is 59.9 Å². The number of ether oxygens (including phenoxy) is 2. The molecule has 5 nitrogen and oxygen atoms in total. The number of rotatable bonds is 3. The van der Waals surface area contributed by atoms with Crippen molar-refractivity contribution in [1.82, 2.24) is 5.32 Å². The molecular formula is C12H12N2O3. The number of methoxy groups -OCH3 is 2. The van der Waals surface area contributed by atoms with Crippen molar-refractivity contribution >= 4 is 17.4 Å². The molecule has 88 valence electrons. The van der Waals surface area contributed by atoms with Crippen LogP contribution in [0.4, 0.5) is 5.69 Å². The molecule has 1 aliphatic heterocycles. The van der Waals surface area contributed by atoms with E-state index in [2.05, 4.69) is 10.3 Å². The second kappa shape index (κ2) is 4.69. The van der Waals surface area contributed by atoms with Gasteiger partial charge in [0.15, 0.2) is 5.84 Å². The van der Waals surface area contributed by atoms with Gasteiger partial charge in [0, 0.05) is 0 Å². The molecule has 1 N–H and O–H groups in total. The van der Waals surface area contributed by atoms with Crippen LogP contribution in [0.15, 0.2) is 46.8 Å². The van der Waals surface area contributed by atoms with E-state index in [4.69, 9.17) is 9.47 Å². The number of nitrogens with one attached hydrogen (secondary N) is 1. The third-order valence-corrected chi connectivity index (χ3v) is 2.26. The molecule has 0 saturated heterocycles. The highest BCUT2D eigenvalue weighted by atomic mass is 16.5. The third kappa shape index (κ3) is 2.13. The standard InChI is InChI=1S/C12H12N2O3/c1-16-9-10(17-2)12(15)14-11(9)13-8-6-4-3-5-7-8/h3-7H,1-2H3,(H,13,14,15). The fourth-order valence-electron chi connectivity index (χ4n) is 1.52. The molecule has 0 spiro atoms. The predicted octanol–water partition coefficient (Wildman–Crippen LogP) is 1.35. The largest absolute Gasteiger partial charge is 0.490 e. The van der Waals surface area contributed by atoms with E-state index in [1.165, 1.54) is 14.2 Å². The Balaban J connectivity index is 2.38. The number of hydrogen-bond donors (Lipinski definition) is 1. The van der Waals surface area contributed by atoms with Gasteiger partial charge in [-0.2, -0.15) is 0 Å². The van der Waals surface area contributed by atoms with E-state index in [9.17, 15) is 4.79 Å². The minimum atomic E-state index is -0.348. The molecule has 17 heavy (non-hydrogen) atoms. The molecule has 0 saturated carbocycles. The Labute approximate surface area is 98.8 Å². The van der Waals surface area contributed by atoms with Gasteiger partial charge < -0.3 is 14.8 Å². The maximum atomic E-state index is 11.5. The Kier molecular flexibility index (Phi) is 3.09. The number of benzene rings is 1. The first-order chi connectivity index (χ1) is 8.26. The van der Waals surface area contributed by atoms with Gasteiger partial charge in [0.1, 0.15) is 0 Å². The van der Waals surface area contributed by atoms with Gasteiger partial charge >= 0.3 is 0 Å². The molecule has 0 bridgehead atoms. The van der Waals surface area contributed by atoms with Gasteiger partial charge in [-0.15, -0.1) is 0 Å². The van der Waals surface area contributed by atoms with Gasteiger partial charge in [-0.05, 0) is 12.1 Å². The third-order valence-electron chi connectivity index (χ3n) is 2.26. The summed E-state index contributed by atoms with van der Waals surface area (Å²) in [5.41, 5.74) is 0.731. The molecule has 5 heteroatoms. The number of para-hydroxylation sites is 1. The Morgan fingerprint density at radius 2 is 1.71 bits per heavy atom. The Morgan fingerprint density at radius 1 is 1.06 bits per heavy atom. The maximum absolute atomic E-state index is 11.5. The summed E-state index contributed by atoms with van der Waals surface area (Å²) >= 11 is 0. The van der Waals surface area contributed by atoms with E-state index in [0.29, 0.717) is 11.6 Å². The smallest absolute Gasteiger partial charge is 0.296 e. The summed E-state index contributed by atoms with van der Waals surface area (Å²) in [4.78, 5) is 15.8. The van der Waals surface area contributed by atoms with Gasteiger partial charge in [-0.3, -0.25) is 4.79 Å². The zero-order chi connectivity index (χ0) is 12.3. The van der Waals surface area contributed by atoms with Crippen LogP contribution in [0.5, 0.6) is 0 Å². The number of aliphatic imine (C=N–C) groups is 1. The summed E-state index contributed by atoms with van der Waals surface area (Å²) in [6, 6.07) is 9.28. The lowest BCUT2D eigenvalue weighted by molar-refractivity contribution is -0.118. The summed E-state index contributed by atoms with van der Waals surface area (Å²) in [5.74, 6) is 0.475. The highest BCUT2D eigenvalue weighted by Gasteiger charge is 2.30. The summed E-state index contributed by atoms with van der Waals surface area (Å²) in [7, 11) is 2.88. The number of amides is 1. The van der Waals surface area contributed by atoms with Crippen LogP contribution in [-0.2, 0) is 14.3 Å². The molecule has 0 fully saturated rings. The average Bonchev–Trinajstić information content (AvgIpc) is 2.65. The number of carbonyl (C=O) groups excluding carboxylic acids is 1. The van der Waals surface area contributed by atoms with E-state index in [-0.39, 0.29) is 11.7 Å². The van der Waals surface area contributed by atoms with Crippen LogP contribution in [-0.4, -0.2) is 26.0 Å². The van der Waals surface area contributed by atoms with Crippen LogP contribution in [0.3, 0.4) is 0 Å². The minimum Gasteiger partial charge on any atom is -0.490 e. The molecule has 0 aromatic heterocycles. The molecule has 1 aromatic carbocycles. The molecule has 0 radical (unpaired) electrons. The Morgan fingerprint density at radius 3 is 2.29 bits per heavy atom. The number of amidine groups is 1. The van der Waals surface area contributed by atoms with Gasteiger partial charge in [0.05, 0.1) is 19.9 Å². The van der Waals surface area contributed by atoms with Crippen molar-refractivity contribution in [1.29, 1.82) is 0 Å². The molecule has 1 aliphatic rings. The first-order valence-corrected chi connectivity index (χ1v) is 5.04. The van der Waals surface area contributed by atoms with Gasteiger partial charge in [0.25, 0.3) is 5.91 Å². The highest BCUT2D eigenvalue weighted by molar-refractivity contribution is 6.20. The molecule has 1 amide bonds. The second-order valence-electron chi connectivity index (χ2n) is 3.32. The Hall–Kier alpha value is -2.30. The molecule has 1 aromatic rings. The summed E-state index contributed by atoms with van der Waals surface area (Å²) in [6.45, 7) is 0. The van der Waals surface area contributed by atoms with Gasteiger partial charge in [0.2, 0.25) is 11.5 Å². The van der Waals surface area contributed by atoms with Gasteiger partial charge in [-0.25, -0.2) is 4.99 Å². The summed E-state index contributed by atoms with van der Waals surface area (Å²) < 4.78 is 10.1. The first-order valence-electron chi connectivity index (χ1n) is 5.04. The van der Waals surface area contributed by atoms with Crippen molar-refractivity contribution in [2.75, 3.05) is 14.2 Å². The monoisotopic (exact) mass is 232 g/mol. The second-order valence-corrected chi connectivity index (χ2v) is 3.32. The Bertz CT molecular complexity index is 492. The van der Waals surface area contributed by atoms with Crippen LogP contribution in [0, 0.1) is 0 Å². The lowest BCUT2D eigenvalue weighted by Crippen LogP contribution is -2.24. The fourth-order valence-corrected chi connectivity index (χ4v) is 1.52. The molecule has 0 aliphatic carbocycles. The normalized spacial score (nSPS) is 17.3. The fraction of sp³-hybridized carbons (Fsp3) is 0.167. The zero-order valence-electron chi connectivity index (χ0n) is 9.56. The molecule has 2 rings (SSSR count). The lowest BCUT2D eigenvalue weighted by atomic mass is 10.3. The van der Waals surface area contributed by atoms with Crippen molar-refractivity contribution in [3.8, 4) is 0 Å². The summed E-state index contributed by atoms with van der Waals surface area (Å²) in [5, 5.41) is 2.59. The van der Waals surface area contributed by atoms with E-state index >= 15 is 0 Å². The van der Waals surface area contributed by atoms with E-state index in [0.717, 1.165) is 5.69 Å². The molecule has 0 unspecified atom stereocenters. The number of nitrogens with zero attached hydrogens (tertiary/aromatic N) is 1. The zero-order valence-corrected chi connectivity index (χ0v) is 9.56. The first kappa shape index (κ1) is 11.2. The summed E-state index contributed by atoms with van der Waals surface area (Å²) in [6.07, 6.45) is 0. The van der Waals surface area contributed by atoms with Crippen molar-refractivity contribution in [3.63, 3.8) is 0 Å². The number of hydrogen-bond acceptors (Lipinski definition) is 4. The maximum Gasteiger partial charge on any atom is 0.296 e. The average molecular weight is 232 g/mol. The molecule has 0 atom stereocenters. The van der Waals surface area contributed by atoms with Crippen molar-refractivity contribution in [2.45, 2.75) is 0 Å². The quantitative estimate of drug-likeness (QED) is 0.855. The van der Waals surface area contributed by atoms with Crippen LogP contribution in [0.25, 0.3) is 0 Å². The van der Waals surface area contributed by atoms with Crippen LogP contribution >= 0.6 is 0 Å².